The van der Waals surface area contributed by atoms with Crippen molar-refractivity contribution in [1.82, 2.24) is 4.72 Å². The zero-order valence-electron chi connectivity index (χ0n) is 15.8. The lowest BCUT2D eigenvalue weighted by molar-refractivity contribution is 0.0956. The zero-order valence-corrected chi connectivity index (χ0v) is 16.6. The number of nitrogens with zero attached hydrogens (tertiary/aromatic N) is 1. The average molecular weight is 418 g/mol. The number of hydrogen-bond donors (Lipinski definition) is 1. The monoisotopic (exact) mass is 418 g/mol. The van der Waals surface area contributed by atoms with Gasteiger partial charge in [0.25, 0.3) is 10.0 Å². The number of sulfonamides is 1. The number of ether oxygens (including phenoxy) is 1. The van der Waals surface area contributed by atoms with E-state index in [1.54, 1.807) is 31.1 Å². The normalized spacial score (nSPS) is 14.0. The molecule has 0 aliphatic heterocycles. The second-order valence-corrected chi connectivity index (χ2v) is 8.69. The van der Waals surface area contributed by atoms with Crippen LogP contribution in [-0.2, 0) is 10.0 Å². The number of benzene rings is 2. The van der Waals surface area contributed by atoms with Gasteiger partial charge in [0.1, 0.15) is 22.0 Å². The number of nitrogens with one attached hydrogen (secondary N) is 1. The topological polar surface area (TPSA) is 88.9 Å². The van der Waals surface area contributed by atoms with Gasteiger partial charge >= 0.3 is 5.91 Å². The Balaban J connectivity index is 1.63. The lowest BCUT2D eigenvalue weighted by Crippen LogP contribution is -2.30. The Morgan fingerprint density at radius 2 is 1.93 bits per heavy atom. The predicted octanol–water partition coefficient (Wildman–Crippen LogP) is 3.30. The highest BCUT2D eigenvalue weighted by atomic mass is 32.2. The summed E-state index contributed by atoms with van der Waals surface area (Å²) in [6.45, 7) is 0. The fourth-order valence-electron chi connectivity index (χ4n) is 2.81. The van der Waals surface area contributed by atoms with Gasteiger partial charge in [0, 0.05) is 31.9 Å². The molecule has 1 N–H and O–H groups in total. The SMILES string of the molecule is CN(C)c1cc(F)c2cc(C(=O)NS(=O)(=O)c3ccccc3OC3CC3)oc2c1. The molecule has 0 unspecified atom stereocenters. The summed E-state index contributed by atoms with van der Waals surface area (Å²) in [7, 11) is -0.730. The number of furan rings is 1. The van der Waals surface area contributed by atoms with Crippen molar-refractivity contribution in [2.45, 2.75) is 23.8 Å². The molecule has 1 aliphatic rings. The Hall–Kier alpha value is -3.07. The molecule has 3 aromatic rings. The first-order valence-corrected chi connectivity index (χ1v) is 10.5. The number of carbonyl (C=O) groups excluding carboxylic acids is 1. The molecule has 1 amide bonds. The molecule has 1 aliphatic carbocycles. The fraction of sp³-hybridized carbons (Fsp3) is 0.250. The number of anilines is 1. The maximum absolute atomic E-state index is 14.3. The number of amides is 1. The Labute approximate surface area is 167 Å². The van der Waals surface area contributed by atoms with E-state index in [4.69, 9.17) is 9.15 Å². The number of para-hydroxylation sites is 1. The van der Waals surface area contributed by atoms with E-state index < -0.39 is 21.7 Å². The maximum Gasteiger partial charge on any atom is 0.300 e. The molecule has 0 radical (unpaired) electrons. The highest BCUT2D eigenvalue weighted by Crippen LogP contribution is 2.32. The van der Waals surface area contributed by atoms with Crippen LogP contribution in [-0.4, -0.2) is 34.5 Å². The van der Waals surface area contributed by atoms with Gasteiger partial charge < -0.3 is 14.1 Å². The van der Waals surface area contributed by atoms with Gasteiger partial charge in [0.05, 0.1) is 11.5 Å². The molecular formula is C20H19FN2O5S. The molecule has 1 aromatic heterocycles. The Morgan fingerprint density at radius 1 is 1.21 bits per heavy atom. The van der Waals surface area contributed by atoms with Crippen molar-refractivity contribution in [3.05, 3.63) is 54.0 Å². The number of fused-ring (bicyclic) bond motifs is 1. The molecule has 0 bridgehead atoms. The second kappa shape index (κ2) is 7.07. The van der Waals surface area contributed by atoms with Gasteiger partial charge in [0.15, 0.2) is 5.76 Å². The largest absolute Gasteiger partial charge is 0.489 e. The number of hydrogen-bond acceptors (Lipinski definition) is 6. The van der Waals surface area contributed by atoms with Crippen molar-refractivity contribution >= 4 is 32.6 Å². The number of halogens is 1. The summed E-state index contributed by atoms with van der Waals surface area (Å²) in [6.07, 6.45) is 1.71. The third-order valence-electron chi connectivity index (χ3n) is 4.50. The molecule has 4 rings (SSSR count). The summed E-state index contributed by atoms with van der Waals surface area (Å²) in [5.41, 5.74) is 0.698. The van der Waals surface area contributed by atoms with Gasteiger partial charge in [0.2, 0.25) is 0 Å². The van der Waals surface area contributed by atoms with Gasteiger partial charge in [-0.3, -0.25) is 4.79 Å². The summed E-state index contributed by atoms with van der Waals surface area (Å²) >= 11 is 0. The highest BCUT2D eigenvalue weighted by molar-refractivity contribution is 7.90. The van der Waals surface area contributed by atoms with Gasteiger partial charge in [-0.05, 0) is 31.0 Å². The highest BCUT2D eigenvalue weighted by Gasteiger charge is 2.29. The van der Waals surface area contributed by atoms with Gasteiger partial charge in [-0.2, -0.15) is 0 Å². The standard InChI is InChI=1S/C20H19FN2O5S/c1-23(2)12-9-15(21)14-11-18(28-17(14)10-12)20(24)22-29(25,26)19-6-4-3-5-16(19)27-13-7-8-13/h3-6,9-11,13H,7-8H2,1-2H3,(H,22,24). The van der Waals surface area contributed by atoms with Crippen LogP contribution in [0.4, 0.5) is 10.1 Å². The molecule has 9 heteroatoms. The summed E-state index contributed by atoms with van der Waals surface area (Å²) in [4.78, 5) is 14.1. The van der Waals surface area contributed by atoms with Crippen LogP contribution in [0.2, 0.25) is 0 Å². The van der Waals surface area contributed by atoms with E-state index in [9.17, 15) is 17.6 Å². The third-order valence-corrected chi connectivity index (χ3v) is 5.87. The minimum atomic E-state index is -4.21. The smallest absolute Gasteiger partial charge is 0.300 e. The summed E-state index contributed by atoms with van der Waals surface area (Å²) in [6, 6.07) is 10.2. The number of carbonyl (C=O) groups is 1. The van der Waals surface area contributed by atoms with E-state index in [2.05, 4.69) is 0 Å². The van der Waals surface area contributed by atoms with E-state index in [0.29, 0.717) is 5.69 Å². The Bertz CT molecular complexity index is 1200. The maximum atomic E-state index is 14.3. The third kappa shape index (κ3) is 3.91. The van der Waals surface area contributed by atoms with Gasteiger partial charge in [-0.25, -0.2) is 17.5 Å². The number of rotatable bonds is 6. The molecular weight excluding hydrogens is 399 g/mol. The van der Waals surface area contributed by atoms with Crippen LogP contribution in [0, 0.1) is 5.82 Å². The quantitative estimate of drug-likeness (QED) is 0.661. The van der Waals surface area contributed by atoms with Crippen molar-refractivity contribution < 1.29 is 26.8 Å². The van der Waals surface area contributed by atoms with Crippen LogP contribution in [0.15, 0.2) is 51.8 Å². The first-order chi connectivity index (χ1) is 13.7. The lowest BCUT2D eigenvalue weighted by Gasteiger charge is -2.12. The van der Waals surface area contributed by atoms with Crippen molar-refractivity contribution in [3.63, 3.8) is 0 Å². The minimum Gasteiger partial charge on any atom is -0.489 e. The lowest BCUT2D eigenvalue weighted by atomic mass is 10.2. The summed E-state index contributed by atoms with van der Waals surface area (Å²) in [5.74, 6) is -1.69. The van der Waals surface area contributed by atoms with Crippen molar-refractivity contribution in [2.75, 3.05) is 19.0 Å². The summed E-state index contributed by atoms with van der Waals surface area (Å²) < 4.78 is 52.8. The van der Waals surface area contributed by atoms with E-state index in [1.165, 1.54) is 30.3 Å². The molecule has 29 heavy (non-hydrogen) atoms. The molecule has 2 aromatic carbocycles. The molecule has 7 nitrogen and oxygen atoms in total. The van der Waals surface area contributed by atoms with Gasteiger partial charge in [-0.1, -0.05) is 12.1 Å². The zero-order chi connectivity index (χ0) is 20.8. The van der Waals surface area contributed by atoms with Crippen molar-refractivity contribution in [3.8, 4) is 5.75 Å². The molecule has 1 heterocycles. The first-order valence-electron chi connectivity index (χ1n) is 8.98. The predicted molar refractivity (Wildman–Crippen MR) is 105 cm³/mol. The van der Waals surface area contributed by atoms with Crippen molar-refractivity contribution in [1.29, 1.82) is 0 Å². The van der Waals surface area contributed by atoms with Crippen molar-refractivity contribution in [2.24, 2.45) is 0 Å². The van der Waals surface area contributed by atoms with Crippen LogP contribution >= 0.6 is 0 Å². The van der Waals surface area contributed by atoms with E-state index >= 15 is 0 Å². The molecule has 1 saturated carbocycles. The van der Waals surface area contributed by atoms with Gasteiger partial charge in [-0.15, -0.1) is 0 Å². The van der Waals surface area contributed by atoms with E-state index in [-0.39, 0.29) is 33.5 Å². The molecule has 152 valence electrons. The average Bonchev–Trinajstić information content (AvgIpc) is 3.36. The second-order valence-electron chi connectivity index (χ2n) is 7.04. The minimum absolute atomic E-state index is 0.00806. The molecule has 1 fully saturated rings. The van der Waals surface area contributed by atoms with Crippen LogP contribution < -0.4 is 14.4 Å². The Kier molecular flexibility index (Phi) is 4.70. The fourth-order valence-corrected chi connectivity index (χ4v) is 3.91. The molecule has 0 saturated heterocycles. The molecule has 0 spiro atoms. The van der Waals surface area contributed by atoms with Crippen LogP contribution in [0.5, 0.6) is 5.75 Å². The van der Waals surface area contributed by atoms with E-state index in [1.807, 2.05) is 4.72 Å². The Morgan fingerprint density at radius 3 is 2.62 bits per heavy atom. The van der Waals surface area contributed by atoms with E-state index in [0.717, 1.165) is 12.8 Å². The summed E-state index contributed by atoms with van der Waals surface area (Å²) in [5, 5.41) is 0.0932. The van der Waals surface area contributed by atoms with Crippen LogP contribution in [0.25, 0.3) is 11.0 Å². The first kappa shape index (κ1) is 19.3. The van der Waals surface area contributed by atoms with Crippen LogP contribution in [0.1, 0.15) is 23.4 Å². The molecule has 0 atom stereocenters. The van der Waals surface area contributed by atoms with Crippen LogP contribution in [0.3, 0.4) is 0 Å².